The molecule has 0 amide bonds. The monoisotopic (exact) mass is 246 g/mol. The van der Waals surface area contributed by atoms with Gasteiger partial charge >= 0.3 is 115 Å². The predicted octanol–water partition coefficient (Wildman–Crippen LogP) is -0.214. The molecule has 0 atom stereocenters. The van der Waals surface area contributed by atoms with Gasteiger partial charge < -0.3 is 10.2 Å². The van der Waals surface area contributed by atoms with Crippen molar-refractivity contribution < 1.29 is 19.8 Å². The fraction of sp³-hybridized carbons (Fsp3) is 0. The van der Waals surface area contributed by atoms with Gasteiger partial charge in [0.05, 0.1) is 11.1 Å². The molecule has 0 heterocycles. The molecule has 2 N–H and O–H groups in total. The minimum absolute atomic E-state index is 0. The third kappa shape index (κ3) is 4.97. The standard InChI is InChI=1S/C8H6O4.2K.2H/c9-7(10)5-3-1-2-4-6(5)8(11)12;;;;/h1-4H,(H,9,10)(H,11,12);;;;. The fourth-order valence-electron chi connectivity index (χ4n) is 0.856. The molecule has 0 aromatic heterocycles. The first-order valence-electron chi connectivity index (χ1n) is 3.18. The third-order valence-corrected chi connectivity index (χ3v) is 1.39. The van der Waals surface area contributed by atoms with Crippen molar-refractivity contribution in [2.45, 2.75) is 0 Å². The quantitative estimate of drug-likeness (QED) is 0.708. The Balaban J connectivity index is 0. The van der Waals surface area contributed by atoms with Gasteiger partial charge in [-0.15, -0.1) is 0 Å². The van der Waals surface area contributed by atoms with Crippen molar-refractivity contribution in [1.82, 2.24) is 0 Å². The van der Waals surface area contributed by atoms with E-state index in [9.17, 15) is 9.59 Å². The minimum atomic E-state index is -1.23. The van der Waals surface area contributed by atoms with E-state index in [1.54, 1.807) is 0 Å². The van der Waals surface area contributed by atoms with Gasteiger partial charge in [-0.1, -0.05) is 12.1 Å². The Morgan fingerprint density at radius 3 is 1.36 bits per heavy atom. The molecule has 6 heteroatoms. The van der Waals surface area contributed by atoms with E-state index >= 15 is 0 Å². The van der Waals surface area contributed by atoms with Crippen LogP contribution in [0, 0.1) is 0 Å². The second-order valence-corrected chi connectivity index (χ2v) is 2.16. The number of carboxylic acids is 2. The summed E-state index contributed by atoms with van der Waals surface area (Å²) in [5.74, 6) is -2.46. The molecular weight excluding hydrogens is 238 g/mol. The molecule has 0 aliphatic heterocycles. The van der Waals surface area contributed by atoms with Gasteiger partial charge in [-0.3, -0.25) is 0 Å². The van der Waals surface area contributed by atoms with E-state index in [1.165, 1.54) is 24.3 Å². The summed E-state index contributed by atoms with van der Waals surface area (Å²) in [6.45, 7) is 0. The van der Waals surface area contributed by atoms with Crippen LogP contribution in [0.2, 0.25) is 0 Å². The second kappa shape index (κ2) is 8.57. The Morgan fingerprint density at radius 2 is 1.14 bits per heavy atom. The molecule has 0 fully saturated rings. The number of hydrogen-bond acceptors (Lipinski definition) is 2. The zero-order valence-corrected chi connectivity index (χ0v) is 6.02. The average molecular weight is 246 g/mol. The van der Waals surface area contributed by atoms with E-state index in [1.807, 2.05) is 0 Å². The van der Waals surface area contributed by atoms with E-state index in [0.29, 0.717) is 0 Å². The maximum absolute atomic E-state index is 10.5. The summed E-state index contributed by atoms with van der Waals surface area (Å²) in [7, 11) is 0. The number of aromatic carboxylic acids is 2. The van der Waals surface area contributed by atoms with Crippen molar-refractivity contribution in [2.75, 3.05) is 0 Å². The Labute approximate surface area is 166 Å². The summed E-state index contributed by atoms with van der Waals surface area (Å²) in [6, 6.07) is 5.48. The van der Waals surface area contributed by atoms with Gasteiger partial charge in [-0.25, -0.2) is 9.59 Å². The number of rotatable bonds is 2. The van der Waals surface area contributed by atoms with Crippen molar-refractivity contribution in [3.05, 3.63) is 35.4 Å². The molecule has 1 rings (SSSR count). The van der Waals surface area contributed by atoms with Crippen molar-refractivity contribution >= 4 is 115 Å². The summed E-state index contributed by atoms with van der Waals surface area (Å²) >= 11 is 0. The molecule has 0 aliphatic rings. The summed E-state index contributed by atoms with van der Waals surface area (Å²) in [5.41, 5.74) is -0.380. The van der Waals surface area contributed by atoms with Gasteiger partial charge in [0.1, 0.15) is 0 Å². The van der Waals surface area contributed by atoms with E-state index in [-0.39, 0.29) is 114 Å². The summed E-state index contributed by atoms with van der Waals surface area (Å²) in [6.07, 6.45) is 0. The van der Waals surface area contributed by atoms with Crippen LogP contribution in [-0.2, 0) is 0 Å². The zero-order valence-electron chi connectivity index (χ0n) is 6.02. The number of carboxylic acid groups (broad SMARTS) is 2. The Morgan fingerprint density at radius 1 is 0.857 bits per heavy atom. The van der Waals surface area contributed by atoms with Crippen molar-refractivity contribution in [2.24, 2.45) is 0 Å². The molecule has 1 aromatic rings. The second-order valence-electron chi connectivity index (χ2n) is 2.16. The molecule has 0 saturated heterocycles. The normalized spacial score (nSPS) is 8.00. The van der Waals surface area contributed by atoms with E-state index in [2.05, 4.69) is 0 Å². The van der Waals surface area contributed by atoms with Crippen LogP contribution in [0.5, 0.6) is 0 Å². The molecule has 0 aliphatic carbocycles. The molecule has 0 unspecified atom stereocenters. The first kappa shape index (κ1) is 17.8. The number of hydrogen-bond donors (Lipinski definition) is 2. The van der Waals surface area contributed by atoms with Crippen molar-refractivity contribution in [3.63, 3.8) is 0 Å². The van der Waals surface area contributed by atoms with Crippen molar-refractivity contribution in [3.8, 4) is 0 Å². The van der Waals surface area contributed by atoms with E-state index in [4.69, 9.17) is 10.2 Å². The first-order valence-corrected chi connectivity index (χ1v) is 3.18. The fourth-order valence-corrected chi connectivity index (χ4v) is 0.856. The van der Waals surface area contributed by atoms with Gasteiger partial charge in [0.25, 0.3) is 0 Å². The van der Waals surface area contributed by atoms with Crippen LogP contribution in [0.15, 0.2) is 24.3 Å². The van der Waals surface area contributed by atoms with Crippen LogP contribution in [0.1, 0.15) is 20.7 Å². The van der Waals surface area contributed by atoms with E-state index < -0.39 is 11.9 Å². The molecule has 0 radical (unpaired) electrons. The van der Waals surface area contributed by atoms with E-state index in [0.717, 1.165) is 0 Å². The summed E-state index contributed by atoms with van der Waals surface area (Å²) < 4.78 is 0. The third-order valence-electron chi connectivity index (χ3n) is 1.39. The molecule has 66 valence electrons. The van der Waals surface area contributed by atoms with Gasteiger partial charge in [0.15, 0.2) is 0 Å². The maximum atomic E-state index is 10.5. The van der Waals surface area contributed by atoms with Crippen molar-refractivity contribution in [1.29, 1.82) is 0 Å². The molecule has 0 spiro atoms. The molecule has 0 bridgehead atoms. The SMILES string of the molecule is O=C(O)c1ccccc1C(=O)O.[KH].[KH]. The summed E-state index contributed by atoms with van der Waals surface area (Å²) in [4.78, 5) is 20.9. The predicted molar refractivity (Wildman–Crippen MR) is 54.7 cm³/mol. The van der Waals surface area contributed by atoms with Gasteiger partial charge in [0.2, 0.25) is 0 Å². The van der Waals surface area contributed by atoms with Crippen LogP contribution in [-0.4, -0.2) is 125 Å². The van der Waals surface area contributed by atoms with Crippen LogP contribution < -0.4 is 0 Å². The van der Waals surface area contributed by atoms with Gasteiger partial charge in [-0.2, -0.15) is 0 Å². The Bertz CT molecular complexity index is 305. The molecule has 4 nitrogen and oxygen atoms in total. The Kier molecular flexibility index (Phi) is 10.9. The zero-order chi connectivity index (χ0) is 9.14. The number of carbonyl (C=O) groups is 2. The van der Waals surface area contributed by atoms with Crippen LogP contribution in [0.4, 0.5) is 0 Å². The van der Waals surface area contributed by atoms with Crippen LogP contribution in [0.25, 0.3) is 0 Å². The number of benzene rings is 1. The van der Waals surface area contributed by atoms with Gasteiger partial charge in [0, 0.05) is 0 Å². The first-order chi connectivity index (χ1) is 5.63. The topological polar surface area (TPSA) is 74.6 Å². The van der Waals surface area contributed by atoms with Crippen LogP contribution in [0.3, 0.4) is 0 Å². The van der Waals surface area contributed by atoms with Crippen LogP contribution >= 0.6 is 0 Å². The molecular formula is C8H8K2O4. The average Bonchev–Trinajstić information content (AvgIpc) is 2.04. The molecule has 0 saturated carbocycles. The Hall–Kier alpha value is 1.43. The molecule has 14 heavy (non-hydrogen) atoms. The molecule has 1 aromatic carbocycles. The summed E-state index contributed by atoms with van der Waals surface area (Å²) in [5, 5.41) is 17.1. The van der Waals surface area contributed by atoms with Gasteiger partial charge in [-0.05, 0) is 12.1 Å².